The van der Waals surface area contributed by atoms with Crippen molar-refractivity contribution in [2.45, 2.75) is 26.3 Å². The van der Waals surface area contributed by atoms with E-state index in [4.69, 9.17) is 0 Å². The van der Waals surface area contributed by atoms with Crippen LogP contribution in [-0.4, -0.2) is 52.6 Å². The molecule has 10 nitrogen and oxygen atoms in total. The number of nitro benzene ring substituents is 1. The van der Waals surface area contributed by atoms with Gasteiger partial charge in [0.25, 0.3) is 17.5 Å². The van der Waals surface area contributed by atoms with E-state index in [1.165, 1.54) is 13.1 Å². The predicted octanol–water partition coefficient (Wildman–Crippen LogP) is 2.08. The molecule has 0 aliphatic heterocycles. The molecule has 0 aliphatic carbocycles. The van der Waals surface area contributed by atoms with E-state index in [1.807, 2.05) is 0 Å². The first-order valence-electron chi connectivity index (χ1n) is 8.27. The number of halogens is 2. The quantitative estimate of drug-likeness (QED) is 0.459. The first kappa shape index (κ1) is 21.0. The van der Waals surface area contributed by atoms with E-state index in [9.17, 15) is 23.7 Å². The van der Waals surface area contributed by atoms with Gasteiger partial charge in [0.05, 0.1) is 29.3 Å². The second kappa shape index (κ2) is 8.15. The van der Waals surface area contributed by atoms with Gasteiger partial charge in [0.2, 0.25) is 0 Å². The summed E-state index contributed by atoms with van der Waals surface area (Å²) in [6.07, 6.45) is 0. The Kier molecular flexibility index (Phi) is 6.11. The predicted molar refractivity (Wildman–Crippen MR) is 98.8 cm³/mol. The second-order valence-electron chi connectivity index (χ2n) is 6.34. The Morgan fingerprint density at radius 3 is 2.61 bits per heavy atom. The minimum Gasteiger partial charge on any atom is -0.383 e. The molecule has 0 unspecified atom stereocenters. The molecule has 0 saturated carbocycles. The molecule has 152 valence electrons. The van der Waals surface area contributed by atoms with Crippen LogP contribution < -0.4 is 15.5 Å². The van der Waals surface area contributed by atoms with E-state index in [2.05, 4.69) is 25.8 Å². The fraction of sp³-hybridized carbons (Fsp3) is 0.438. The van der Waals surface area contributed by atoms with Crippen molar-refractivity contribution in [1.29, 1.82) is 0 Å². The lowest BCUT2D eigenvalue weighted by molar-refractivity contribution is -0.383. The topological polar surface area (TPSA) is 129 Å². The van der Waals surface area contributed by atoms with Gasteiger partial charge in [-0.3, -0.25) is 20.0 Å². The van der Waals surface area contributed by atoms with Crippen molar-refractivity contribution in [3.05, 3.63) is 39.5 Å². The minimum atomic E-state index is -3.12. The van der Waals surface area contributed by atoms with E-state index in [1.54, 1.807) is 18.9 Å². The number of amides is 1. The Labute approximate surface area is 159 Å². The van der Waals surface area contributed by atoms with E-state index in [0.717, 1.165) is 6.07 Å². The molecule has 3 N–H and O–H groups in total. The summed E-state index contributed by atoms with van der Waals surface area (Å²) in [6, 6.07) is 2.47. The third kappa shape index (κ3) is 5.11. The maximum absolute atomic E-state index is 13.1. The average molecular weight is 397 g/mol. The number of aromatic nitrogens is 3. The monoisotopic (exact) mass is 397 g/mol. The third-order valence-electron chi connectivity index (χ3n) is 3.82. The number of aromatic amines is 1. The standard InChI is InChI=1S/C16H21F2N7O3/c1-9-21-14(23-22-9)7-24(4)12-6-11(19-3)13(25(27)28)5-10(12)15(26)20-8-16(2,17)18/h5-6,19H,7-8H2,1-4H3,(H,20,26)(H,21,22,23). The van der Waals surface area contributed by atoms with Gasteiger partial charge in [0.1, 0.15) is 11.5 Å². The van der Waals surface area contributed by atoms with Gasteiger partial charge in [-0.25, -0.2) is 13.8 Å². The van der Waals surface area contributed by atoms with Crippen molar-refractivity contribution >= 4 is 23.0 Å². The molecule has 0 atom stereocenters. The Balaban J connectivity index is 2.45. The van der Waals surface area contributed by atoms with Crippen LogP contribution in [0, 0.1) is 17.0 Å². The van der Waals surface area contributed by atoms with Crippen molar-refractivity contribution < 1.29 is 18.5 Å². The molecule has 0 fully saturated rings. The number of nitrogens with zero attached hydrogens (tertiary/aromatic N) is 4. The summed E-state index contributed by atoms with van der Waals surface area (Å²) < 4.78 is 26.2. The van der Waals surface area contributed by atoms with Gasteiger partial charge in [-0.05, 0) is 13.0 Å². The maximum Gasteiger partial charge on any atom is 0.293 e. The van der Waals surface area contributed by atoms with E-state index >= 15 is 0 Å². The Hall–Kier alpha value is -3.31. The second-order valence-corrected chi connectivity index (χ2v) is 6.34. The largest absolute Gasteiger partial charge is 0.383 e. The van der Waals surface area contributed by atoms with Gasteiger partial charge in [-0.1, -0.05) is 0 Å². The van der Waals surface area contributed by atoms with E-state index in [0.29, 0.717) is 24.3 Å². The van der Waals surface area contributed by atoms with Crippen LogP contribution in [0.25, 0.3) is 0 Å². The van der Waals surface area contributed by atoms with Crippen LogP contribution >= 0.6 is 0 Å². The number of aryl methyl sites for hydroxylation is 1. The smallest absolute Gasteiger partial charge is 0.293 e. The molecule has 0 radical (unpaired) electrons. The number of H-pyrrole nitrogens is 1. The van der Waals surface area contributed by atoms with E-state index < -0.39 is 23.3 Å². The summed E-state index contributed by atoms with van der Waals surface area (Å²) >= 11 is 0. The number of rotatable bonds is 8. The molecule has 0 saturated heterocycles. The highest BCUT2D eigenvalue weighted by molar-refractivity contribution is 6.01. The summed E-state index contributed by atoms with van der Waals surface area (Å²) in [4.78, 5) is 28.9. The number of nitro groups is 1. The van der Waals surface area contributed by atoms with Crippen LogP contribution in [0.5, 0.6) is 0 Å². The van der Waals surface area contributed by atoms with Crippen LogP contribution in [0.15, 0.2) is 12.1 Å². The lowest BCUT2D eigenvalue weighted by Gasteiger charge is -2.22. The summed E-state index contributed by atoms with van der Waals surface area (Å²) in [5, 5.41) is 22.8. The normalized spacial score (nSPS) is 11.2. The van der Waals surface area contributed by atoms with Crippen molar-refractivity contribution in [3.63, 3.8) is 0 Å². The molecule has 1 aromatic heterocycles. The first-order chi connectivity index (χ1) is 13.0. The lowest BCUT2D eigenvalue weighted by Crippen LogP contribution is -2.35. The molecule has 0 aliphatic rings. The lowest BCUT2D eigenvalue weighted by atomic mass is 10.1. The highest BCUT2D eigenvalue weighted by atomic mass is 19.3. The number of benzene rings is 1. The van der Waals surface area contributed by atoms with Crippen LogP contribution in [-0.2, 0) is 6.54 Å². The van der Waals surface area contributed by atoms with Crippen molar-refractivity contribution in [1.82, 2.24) is 20.5 Å². The number of hydrogen-bond acceptors (Lipinski definition) is 7. The third-order valence-corrected chi connectivity index (χ3v) is 3.82. The number of carbonyl (C=O) groups excluding carboxylic acids is 1. The van der Waals surface area contributed by atoms with Crippen molar-refractivity contribution in [2.24, 2.45) is 0 Å². The van der Waals surface area contributed by atoms with Gasteiger partial charge in [0.15, 0.2) is 5.82 Å². The van der Waals surface area contributed by atoms with Crippen molar-refractivity contribution in [2.75, 3.05) is 30.9 Å². The Bertz CT molecular complexity index is 880. The molecular weight excluding hydrogens is 376 g/mol. The summed E-state index contributed by atoms with van der Waals surface area (Å²) in [6.45, 7) is 1.69. The Morgan fingerprint density at radius 1 is 1.43 bits per heavy atom. The highest BCUT2D eigenvalue weighted by Gasteiger charge is 2.27. The molecule has 1 aromatic carbocycles. The zero-order valence-electron chi connectivity index (χ0n) is 15.8. The molecule has 1 heterocycles. The van der Waals surface area contributed by atoms with Gasteiger partial charge >= 0.3 is 0 Å². The SMILES string of the molecule is CNc1cc(N(C)Cc2n[nH]c(C)n2)c(C(=O)NCC(C)(F)F)cc1[N+](=O)[O-]. The number of anilines is 2. The van der Waals surface area contributed by atoms with E-state index in [-0.39, 0.29) is 23.5 Å². The van der Waals surface area contributed by atoms with Gasteiger partial charge in [0, 0.05) is 27.1 Å². The van der Waals surface area contributed by atoms with Gasteiger partial charge in [-0.2, -0.15) is 5.10 Å². The summed E-state index contributed by atoms with van der Waals surface area (Å²) in [7, 11) is 3.14. The maximum atomic E-state index is 13.1. The Morgan fingerprint density at radius 2 is 2.11 bits per heavy atom. The number of nitrogens with one attached hydrogen (secondary N) is 3. The summed E-state index contributed by atoms with van der Waals surface area (Å²) in [5.74, 6) is -2.92. The van der Waals surface area contributed by atoms with Crippen LogP contribution in [0.3, 0.4) is 0 Å². The molecule has 28 heavy (non-hydrogen) atoms. The molecule has 0 spiro atoms. The minimum absolute atomic E-state index is 0.107. The fourth-order valence-corrected chi connectivity index (χ4v) is 2.51. The fourth-order valence-electron chi connectivity index (χ4n) is 2.51. The molecular formula is C16H21F2N7O3. The zero-order valence-corrected chi connectivity index (χ0v) is 15.8. The van der Waals surface area contributed by atoms with Crippen LogP contribution in [0.2, 0.25) is 0 Å². The van der Waals surface area contributed by atoms with Crippen LogP contribution in [0.1, 0.15) is 28.9 Å². The average Bonchev–Trinajstić information content (AvgIpc) is 3.02. The molecule has 0 bridgehead atoms. The van der Waals surface area contributed by atoms with Gasteiger partial charge < -0.3 is 15.5 Å². The molecule has 12 heteroatoms. The zero-order chi connectivity index (χ0) is 21.1. The number of carbonyl (C=O) groups is 1. The van der Waals surface area contributed by atoms with Gasteiger partial charge in [-0.15, -0.1) is 0 Å². The van der Waals surface area contributed by atoms with Crippen LogP contribution in [0.4, 0.5) is 25.8 Å². The highest BCUT2D eigenvalue weighted by Crippen LogP contribution is 2.33. The molecule has 2 aromatic rings. The first-order valence-corrected chi connectivity index (χ1v) is 8.27. The number of hydrogen-bond donors (Lipinski definition) is 3. The van der Waals surface area contributed by atoms with Crippen molar-refractivity contribution in [3.8, 4) is 0 Å². The molecule has 2 rings (SSSR count). The summed E-state index contributed by atoms with van der Waals surface area (Å²) in [5.41, 5.74) is 0.0243. The molecule has 1 amide bonds. The number of alkyl halides is 2.